The zero-order valence-electron chi connectivity index (χ0n) is 10.2. The van der Waals surface area contributed by atoms with Crippen molar-refractivity contribution in [3.63, 3.8) is 0 Å². The first-order valence-electron chi connectivity index (χ1n) is 6.28. The van der Waals surface area contributed by atoms with Crippen molar-refractivity contribution in [2.45, 2.75) is 37.6 Å². The molecule has 0 unspecified atom stereocenters. The first-order chi connectivity index (χ1) is 7.77. The minimum absolute atomic E-state index is 0. The van der Waals surface area contributed by atoms with E-state index in [0.29, 0.717) is 17.7 Å². The fourth-order valence-electron chi connectivity index (χ4n) is 3.51. The number of aromatic hydroxyl groups is 1. The van der Waals surface area contributed by atoms with E-state index in [0.717, 1.165) is 6.42 Å². The minimum Gasteiger partial charge on any atom is -0.508 e. The first-order valence-corrected chi connectivity index (χ1v) is 6.28. The van der Waals surface area contributed by atoms with Gasteiger partial charge in [0.25, 0.3) is 0 Å². The van der Waals surface area contributed by atoms with E-state index in [1.54, 1.807) is 0 Å². The quantitative estimate of drug-likeness (QED) is 0.795. The van der Waals surface area contributed by atoms with Gasteiger partial charge in [-0.25, -0.2) is 0 Å². The van der Waals surface area contributed by atoms with Gasteiger partial charge in [0, 0.05) is 6.04 Å². The van der Waals surface area contributed by atoms with Crippen molar-refractivity contribution < 1.29 is 5.11 Å². The number of hydrogen-bond donors (Lipinski definition) is 1. The van der Waals surface area contributed by atoms with Crippen molar-refractivity contribution in [1.29, 1.82) is 0 Å². The molecule has 94 valence electrons. The maximum atomic E-state index is 9.90. The largest absolute Gasteiger partial charge is 0.508 e. The maximum absolute atomic E-state index is 9.90. The topological polar surface area (TPSA) is 23.5 Å². The zero-order chi connectivity index (χ0) is 11.1. The van der Waals surface area contributed by atoms with E-state index in [2.05, 4.69) is 18.0 Å². The highest BCUT2D eigenvalue weighted by atomic mass is 79.9. The highest BCUT2D eigenvalue weighted by Gasteiger charge is 2.35. The summed E-state index contributed by atoms with van der Waals surface area (Å²) in [5.41, 5.74) is 2.61. The molecule has 17 heavy (non-hydrogen) atoms. The van der Waals surface area contributed by atoms with Crippen molar-refractivity contribution in [3.05, 3.63) is 29.3 Å². The third kappa shape index (κ3) is 2.11. The molecule has 0 aromatic heterocycles. The van der Waals surface area contributed by atoms with E-state index in [4.69, 9.17) is 0 Å². The minimum atomic E-state index is 0. The molecule has 1 heterocycles. The average molecular weight is 298 g/mol. The summed E-state index contributed by atoms with van der Waals surface area (Å²) >= 11 is 0. The van der Waals surface area contributed by atoms with Gasteiger partial charge in [0.2, 0.25) is 0 Å². The lowest BCUT2D eigenvalue weighted by Gasteiger charge is -2.43. The highest BCUT2D eigenvalue weighted by Crippen LogP contribution is 2.42. The summed E-state index contributed by atoms with van der Waals surface area (Å²) in [6.45, 7) is 1.23. The van der Waals surface area contributed by atoms with Crippen LogP contribution in [0.1, 0.15) is 36.3 Å². The van der Waals surface area contributed by atoms with Crippen LogP contribution in [0.2, 0.25) is 0 Å². The van der Waals surface area contributed by atoms with E-state index in [1.807, 2.05) is 12.1 Å². The van der Waals surface area contributed by atoms with E-state index in [1.165, 1.54) is 36.9 Å². The molecule has 1 fully saturated rings. The molecule has 2 atom stereocenters. The molecule has 2 aliphatic rings. The van der Waals surface area contributed by atoms with Gasteiger partial charge in [0.15, 0.2) is 0 Å². The Hall–Kier alpha value is -0.540. The van der Waals surface area contributed by atoms with Crippen LogP contribution < -0.4 is 0 Å². The van der Waals surface area contributed by atoms with Crippen LogP contribution in [0, 0.1) is 0 Å². The van der Waals surface area contributed by atoms with Crippen LogP contribution in [0.4, 0.5) is 0 Å². The number of phenols is 1. The SMILES string of the molecule is Br.CN1CCC[C@@H]2c3cccc(O)c3CC[C@@H]21. The van der Waals surface area contributed by atoms with E-state index in [9.17, 15) is 5.11 Å². The van der Waals surface area contributed by atoms with Gasteiger partial charge in [-0.1, -0.05) is 12.1 Å². The van der Waals surface area contributed by atoms with E-state index < -0.39 is 0 Å². The molecule has 1 aliphatic carbocycles. The number of halogens is 1. The summed E-state index contributed by atoms with van der Waals surface area (Å²) in [7, 11) is 2.24. The number of likely N-dealkylation sites (N-methyl/N-ethyl adjacent to an activating group) is 1. The summed E-state index contributed by atoms with van der Waals surface area (Å²) in [5.74, 6) is 1.15. The van der Waals surface area contributed by atoms with Gasteiger partial charge in [-0.05, 0) is 62.4 Å². The molecule has 3 rings (SSSR count). The number of piperidine rings is 1. The number of likely N-dealkylation sites (tertiary alicyclic amines) is 1. The van der Waals surface area contributed by atoms with Gasteiger partial charge in [0.1, 0.15) is 5.75 Å². The second-order valence-electron chi connectivity index (χ2n) is 5.18. The van der Waals surface area contributed by atoms with Gasteiger partial charge in [-0.15, -0.1) is 17.0 Å². The van der Waals surface area contributed by atoms with E-state index >= 15 is 0 Å². The summed E-state index contributed by atoms with van der Waals surface area (Å²) < 4.78 is 0. The van der Waals surface area contributed by atoms with Crippen LogP contribution in [-0.4, -0.2) is 29.6 Å². The van der Waals surface area contributed by atoms with Crippen LogP contribution >= 0.6 is 17.0 Å². The number of benzene rings is 1. The molecule has 0 saturated carbocycles. The average Bonchev–Trinajstić information content (AvgIpc) is 2.30. The Kier molecular flexibility index (Phi) is 3.79. The molecule has 3 heteroatoms. The third-order valence-electron chi connectivity index (χ3n) is 4.33. The fraction of sp³-hybridized carbons (Fsp3) is 0.571. The number of fused-ring (bicyclic) bond motifs is 3. The molecule has 1 aromatic carbocycles. The second-order valence-corrected chi connectivity index (χ2v) is 5.18. The van der Waals surface area contributed by atoms with Crippen molar-refractivity contribution in [2.75, 3.05) is 13.6 Å². The Morgan fingerprint density at radius 2 is 2.12 bits per heavy atom. The molecule has 0 radical (unpaired) electrons. The summed E-state index contributed by atoms with van der Waals surface area (Å²) in [6, 6.07) is 6.73. The predicted molar refractivity (Wildman–Crippen MR) is 75.1 cm³/mol. The van der Waals surface area contributed by atoms with Gasteiger partial charge in [-0.3, -0.25) is 0 Å². The van der Waals surface area contributed by atoms with Gasteiger partial charge in [-0.2, -0.15) is 0 Å². The molecule has 1 aromatic rings. The lowest BCUT2D eigenvalue weighted by molar-refractivity contribution is 0.143. The number of rotatable bonds is 0. The molecule has 1 saturated heterocycles. The summed E-state index contributed by atoms with van der Waals surface area (Å²) in [4.78, 5) is 2.50. The van der Waals surface area contributed by atoms with Gasteiger partial charge < -0.3 is 10.0 Å². The van der Waals surface area contributed by atoms with Crippen LogP contribution in [0.5, 0.6) is 5.75 Å². The summed E-state index contributed by atoms with van der Waals surface area (Å²) in [5, 5.41) is 9.90. The maximum Gasteiger partial charge on any atom is 0.119 e. The Morgan fingerprint density at radius 3 is 2.94 bits per heavy atom. The molecular formula is C14H20BrNO. The molecule has 1 aliphatic heterocycles. The second kappa shape index (κ2) is 4.99. The van der Waals surface area contributed by atoms with Gasteiger partial charge >= 0.3 is 0 Å². The third-order valence-corrected chi connectivity index (χ3v) is 4.33. The van der Waals surface area contributed by atoms with E-state index in [-0.39, 0.29) is 17.0 Å². The molecule has 0 bridgehead atoms. The zero-order valence-corrected chi connectivity index (χ0v) is 11.9. The number of nitrogens with zero attached hydrogens (tertiary/aromatic N) is 1. The number of phenolic OH excluding ortho intramolecular Hbond substituents is 1. The van der Waals surface area contributed by atoms with Crippen molar-refractivity contribution in [1.82, 2.24) is 4.90 Å². The fourth-order valence-corrected chi connectivity index (χ4v) is 3.51. The highest BCUT2D eigenvalue weighted by molar-refractivity contribution is 8.93. The normalized spacial score (nSPS) is 27.8. The lowest BCUT2D eigenvalue weighted by Crippen LogP contribution is -2.43. The number of hydrogen-bond acceptors (Lipinski definition) is 2. The predicted octanol–water partition coefficient (Wildman–Crippen LogP) is 3.09. The molecule has 0 amide bonds. The van der Waals surface area contributed by atoms with Crippen LogP contribution in [0.25, 0.3) is 0 Å². The van der Waals surface area contributed by atoms with Crippen molar-refractivity contribution in [2.24, 2.45) is 0 Å². The van der Waals surface area contributed by atoms with Crippen LogP contribution in [0.3, 0.4) is 0 Å². The molecular weight excluding hydrogens is 278 g/mol. The Morgan fingerprint density at radius 1 is 1.29 bits per heavy atom. The Bertz CT molecular complexity index is 407. The van der Waals surface area contributed by atoms with Gasteiger partial charge in [0.05, 0.1) is 0 Å². The smallest absolute Gasteiger partial charge is 0.119 e. The standard InChI is InChI=1S/C14H19NO.BrH/c1-15-9-3-5-11-10-4-2-6-14(16)12(10)7-8-13(11)15;/h2,4,6,11,13,16H,3,5,7-9H2,1H3;1H/t11-,13+;/m1./s1. The molecule has 0 spiro atoms. The molecule has 1 N–H and O–H groups in total. The van der Waals surface area contributed by atoms with Crippen molar-refractivity contribution >= 4 is 17.0 Å². The Labute approximate surface area is 113 Å². The van der Waals surface area contributed by atoms with Crippen LogP contribution in [-0.2, 0) is 6.42 Å². The molecule has 2 nitrogen and oxygen atoms in total. The Balaban J connectivity index is 0.00000108. The lowest BCUT2D eigenvalue weighted by atomic mass is 9.74. The summed E-state index contributed by atoms with van der Waals surface area (Å²) in [6.07, 6.45) is 4.80. The monoisotopic (exact) mass is 297 g/mol. The van der Waals surface area contributed by atoms with Crippen LogP contribution in [0.15, 0.2) is 18.2 Å². The van der Waals surface area contributed by atoms with Crippen molar-refractivity contribution in [3.8, 4) is 5.75 Å². The first kappa shape index (κ1) is 12.9.